The van der Waals surface area contributed by atoms with Gasteiger partial charge in [0.2, 0.25) is 0 Å². The van der Waals surface area contributed by atoms with Crippen LogP contribution in [0.2, 0.25) is 0 Å². The number of thiophene rings is 1. The van der Waals surface area contributed by atoms with E-state index in [4.69, 9.17) is 29.3 Å². The van der Waals surface area contributed by atoms with E-state index in [-0.39, 0.29) is 5.56 Å². The largest absolute Gasteiger partial charge is 0.490 e. The fraction of sp³-hybridized carbons (Fsp3) is 0.381. The van der Waals surface area contributed by atoms with E-state index >= 15 is 0 Å². The number of aliphatic carboxylic acids is 2. The number of fused-ring (bicyclic) bond motifs is 3. The van der Waals surface area contributed by atoms with Gasteiger partial charge in [-0.25, -0.2) is 9.59 Å². The minimum Gasteiger partial charge on any atom is -0.483 e. The van der Waals surface area contributed by atoms with Crippen molar-refractivity contribution in [3.63, 3.8) is 0 Å². The van der Waals surface area contributed by atoms with Crippen molar-refractivity contribution in [1.29, 1.82) is 0 Å². The zero-order valence-corrected chi connectivity index (χ0v) is 19.5. The molecule has 3 aromatic rings. The van der Waals surface area contributed by atoms with Gasteiger partial charge < -0.3 is 24.7 Å². The van der Waals surface area contributed by atoms with E-state index in [0.29, 0.717) is 12.0 Å². The molecule has 0 unspecified atom stereocenters. The van der Waals surface area contributed by atoms with Gasteiger partial charge in [0.1, 0.15) is 6.61 Å². The van der Waals surface area contributed by atoms with Crippen molar-refractivity contribution >= 4 is 44.3 Å². The number of nitrogens with zero attached hydrogens (tertiary/aromatic N) is 1. The van der Waals surface area contributed by atoms with Gasteiger partial charge in [0.05, 0.1) is 23.3 Å². The molecular formula is C21H20F6N2O7S. The molecule has 1 saturated heterocycles. The first-order chi connectivity index (χ1) is 17.2. The van der Waals surface area contributed by atoms with Gasteiger partial charge in [0.15, 0.2) is 5.06 Å². The number of hydrogen-bond donors (Lipinski definition) is 3. The van der Waals surface area contributed by atoms with Crippen LogP contribution in [0.5, 0.6) is 5.06 Å². The first-order valence-electron chi connectivity index (χ1n) is 10.3. The molecule has 0 amide bonds. The van der Waals surface area contributed by atoms with Crippen molar-refractivity contribution in [3.05, 3.63) is 40.7 Å². The molecule has 0 atom stereocenters. The van der Waals surface area contributed by atoms with E-state index in [0.717, 1.165) is 53.5 Å². The molecule has 3 N–H and O–H groups in total. The molecule has 0 radical (unpaired) electrons. The highest BCUT2D eigenvalue weighted by Crippen LogP contribution is 2.34. The lowest BCUT2D eigenvalue weighted by atomic mass is 10.2. The van der Waals surface area contributed by atoms with Crippen LogP contribution in [0.15, 0.2) is 35.1 Å². The van der Waals surface area contributed by atoms with Gasteiger partial charge in [0, 0.05) is 36.6 Å². The van der Waals surface area contributed by atoms with Gasteiger partial charge in [-0.3, -0.25) is 9.69 Å². The molecule has 1 fully saturated rings. The highest BCUT2D eigenvalue weighted by Gasteiger charge is 2.38. The summed E-state index contributed by atoms with van der Waals surface area (Å²) in [6, 6.07) is 9.72. The van der Waals surface area contributed by atoms with Crippen molar-refractivity contribution in [3.8, 4) is 5.06 Å². The van der Waals surface area contributed by atoms with Gasteiger partial charge in [-0.05, 0) is 6.07 Å². The molecule has 0 aliphatic carbocycles. The van der Waals surface area contributed by atoms with Crippen molar-refractivity contribution in [1.82, 2.24) is 9.88 Å². The van der Waals surface area contributed by atoms with Gasteiger partial charge in [-0.15, -0.1) is 0 Å². The molecule has 204 valence electrons. The fourth-order valence-corrected chi connectivity index (χ4v) is 3.96. The van der Waals surface area contributed by atoms with Crippen molar-refractivity contribution in [2.45, 2.75) is 12.4 Å². The van der Waals surface area contributed by atoms with Crippen LogP contribution in [-0.4, -0.2) is 83.8 Å². The average molecular weight is 558 g/mol. The number of carboxylic acids is 2. The Labute approximate surface area is 207 Å². The van der Waals surface area contributed by atoms with Crippen molar-refractivity contribution < 1.29 is 55.6 Å². The molecule has 2 aromatic heterocycles. The fourth-order valence-electron chi connectivity index (χ4n) is 2.89. The number of para-hydroxylation sites is 1. The Bertz CT molecular complexity index is 1240. The molecular weight excluding hydrogens is 538 g/mol. The molecule has 37 heavy (non-hydrogen) atoms. The van der Waals surface area contributed by atoms with E-state index in [9.17, 15) is 31.1 Å². The molecule has 1 aliphatic rings. The molecule has 3 heterocycles. The maximum Gasteiger partial charge on any atom is 0.490 e. The molecule has 0 spiro atoms. The smallest absolute Gasteiger partial charge is 0.483 e. The van der Waals surface area contributed by atoms with Gasteiger partial charge in [0.25, 0.3) is 5.56 Å². The third-order valence-corrected chi connectivity index (χ3v) is 5.70. The second-order valence-corrected chi connectivity index (χ2v) is 8.23. The standard InChI is InChI=1S/C17H18N2O3S.2C2HF3O2/c20-17-13-11-15(22-10-7-19-5-8-21-9-6-19)23-16(13)12-3-1-2-4-14(12)18-17;2*3-2(4,5)1(6)7/h1-4,11H,5-10H2,(H,18,20);2*(H,6,7). The summed E-state index contributed by atoms with van der Waals surface area (Å²) >= 11 is 1.54. The predicted molar refractivity (Wildman–Crippen MR) is 120 cm³/mol. The second kappa shape index (κ2) is 12.7. The molecule has 1 aromatic carbocycles. The number of ether oxygens (including phenoxy) is 2. The topological polar surface area (TPSA) is 129 Å². The van der Waals surface area contributed by atoms with Crippen LogP contribution in [0, 0.1) is 0 Å². The highest BCUT2D eigenvalue weighted by molar-refractivity contribution is 7.21. The highest BCUT2D eigenvalue weighted by atomic mass is 32.1. The van der Waals surface area contributed by atoms with E-state index in [1.165, 1.54) is 0 Å². The molecule has 0 saturated carbocycles. The monoisotopic (exact) mass is 558 g/mol. The summed E-state index contributed by atoms with van der Waals surface area (Å²) < 4.78 is 75.7. The van der Waals surface area contributed by atoms with Gasteiger partial charge in [-0.2, -0.15) is 26.3 Å². The minimum atomic E-state index is -5.08. The summed E-state index contributed by atoms with van der Waals surface area (Å²) in [4.78, 5) is 35.3. The van der Waals surface area contributed by atoms with Crippen LogP contribution in [0.4, 0.5) is 26.3 Å². The number of rotatable bonds is 4. The Morgan fingerprint density at radius 3 is 2.08 bits per heavy atom. The maximum atomic E-state index is 12.2. The third kappa shape index (κ3) is 9.22. The summed E-state index contributed by atoms with van der Waals surface area (Å²) in [6.07, 6.45) is -10.2. The SMILES string of the molecule is O=C(O)C(F)(F)F.O=C(O)C(F)(F)F.O=c1[nH]c2ccccc2c2sc(OCCN3CCOCC3)cc12. The summed E-state index contributed by atoms with van der Waals surface area (Å²) in [5, 5.41) is 16.8. The first-order valence-corrected chi connectivity index (χ1v) is 11.1. The van der Waals surface area contributed by atoms with Crippen LogP contribution in [0.1, 0.15) is 0 Å². The summed E-state index contributed by atoms with van der Waals surface area (Å²) in [7, 11) is 0. The third-order valence-electron chi connectivity index (χ3n) is 4.61. The lowest BCUT2D eigenvalue weighted by Gasteiger charge is -2.26. The van der Waals surface area contributed by atoms with E-state index in [1.54, 1.807) is 11.3 Å². The summed E-state index contributed by atoms with van der Waals surface area (Å²) in [5.74, 6) is -5.51. The van der Waals surface area contributed by atoms with Crippen LogP contribution < -0.4 is 10.3 Å². The number of morpholine rings is 1. The van der Waals surface area contributed by atoms with Crippen LogP contribution >= 0.6 is 11.3 Å². The molecule has 0 bridgehead atoms. The van der Waals surface area contributed by atoms with Crippen molar-refractivity contribution in [2.75, 3.05) is 39.5 Å². The number of halogens is 6. The maximum absolute atomic E-state index is 12.2. The number of benzene rings is 1. The lowest BCUT2D eigenvalue weighted by Crippen LogP contribution is -2.38. The molecule has 9 nitrogen and oxygen atoms in total. The molecule has 4 rings (SSSR count). The van der Waals surface area contributed by atoms with Crippen LogP contribution in [-0.2, 0) is 14.3 Å². The molecule has 16 heteroatoms. The van der Waals surface area contributed by atoms with Gasteiger partial charge >= 0.3 is 24.3 Å². The molecule has 1 aliphatic heterocycles. The second-order valence-electron chi connectivity index (χ2n) is 7.22. The van der Waals surface area contributed by atoms with Crippen molar-refractivity contribution in [2.24, 2.45) is 0 Å². The van der Waals surface area contributed by atoms with E-state index in [1.807, 2.05) is 30.3 Å². The summed E-state index contributed by atoms with van der Waals surface area (Å²) in [6.45, 7) is 5.02. The summed E-state index contributed by atoms with van der Waals surface area (Å²) in [5.41, 5.74) is 0.810. The zero-order chi connectivity index (χ0) is 27.8. The number of alkyl halides is 6. The normalized spacial score (nSPS) is 14.3. The number of carbonyl (C=O) groups is 2. The Kier molecular flexibility index (Phi) is 10.3. The number of hydrogen-bond acceptors (Lipinski definition) is 7. The number of aromatic amines is 1. The zero-order valence-electron chi connectivity index (χ0n) is 18.7. The Morgan fingerprint density at radius 2 is 1.54 bits per heavy atom. The number of pyridine rings is 1. The van der Waals surface area contributed by atoms with E-state index < -0.39 is 24.3 Å². The minimum absolute atomic E-state index is 0.0574. The first kappa shape index (κ1) is 29.9. The number of H-pyrrole nitrogens is 1. The quantitative estimate of drug-likeness (QED) is 0.414. The number of aromatic nitrogens is 1. The predicted octanol–water partition coefficient (Wildman–Crippen LogP) is 3.72. The number of nitrogens with one attached hydrogen (secondary N) is 1. The Hall–Kier alpha value is -3.37. The van der Waals surface area contributed by atoms with Gasteiger partial charge in [-0.1, -0.05) is 29.5 Å². The average Bonchev–Trinajstić information content (AvgIpc) is 3.25. The Balaban J connectivity index is 0.000000286. The van der Waals surface area contributed by atoms with Crippen LogP contribution in [0.3, 0.4) is 0 Å². The number of carboxylic acid groups (broad SMARTS) is 2. The lowest BCUT2D eigenvalue weighted by molar-refractivity contribution is -0.193. The van der Waals surface area contributed by atoms with Crippen LogP contribution in [0.25, 0.3) is 21.0 Å². The van der Waals surface area contributed by atoms with E-state index in [2.05, 4.69) is 9.88 Å². The Morgan fingerprint density at radius 1 is 1.00 bits per heavy atom.